The maximum absolute atomic E-state index is 11.5. The first-order valence-electron chi connectivity index (χ1n) is 4.27. The van der Waals surface area contributed by atoms with Crippen molar-refractivity contribution in [3.63, 3.8) is 0 Å². The van der Waals surface area contributed by atoms with Crippen LogP contribution in [0.1, 0.15) is 24.2 Å². The molecule has 0 saturated carbocycles. The Morgan fingerprint density at radius 1 is 1.67 bits per heavy atom. The SMILES string of the molecule is CC(C)ONC(=O)c1cnc(Cl)c(Br)c1. The van der Waals surface area contributed by atoms with Crippen molar-refractivity contribution in [2.45, 2.75) is 20.0 Å². The molecule has 0 bridgehead atoms. The lowest BCUT2D eigenvalue weighted by Gasteiger charge is -2.08. The summed E-state index contributed by atoms with van der Waals surface area (Å²) in [5.41, 5.74) is 2.68. The Bertz CT molecular complexity index is 371. The third-order valence-electron chi connectivity index (χ3n) is 1.45. The minimum atomic E-state index is -0.353. The number of hydrogen-bond acceptors (Lipinski definition) is 3. The normalized spacial score (nSPS) is 10.5. The Kier molecular flexibility index (Phi) is 4.50. The van der Waals surface area contributed by atoms with Crippen LogP contribution in [0, 0.1) is 0 Å². The smallest absolute Gasteiger partial charge is 0.271 e. The van der Waals surface area contributed by atoms with E-state index in [1.54, 1.807) is 6.07 Å². The highest BCUT2D eigenvalue weighted by molar-refractivity contribution is 9.10. The fourth-order valence-electron chi connectivity index (χ4n) is 0.776. The molecule has 1 aromatic rings. The minimum absolute atomic E-state index is 0.0716. The topological polar surface area (TPSA) is 51.2 Å². The van der Waals surface area contributed by atoms with Gasteiger partial charge in [0, 0.05) is 6.20 Å². The number of carbonyl (C=O) groups is 1. The lowest BCUT2D eigenvalue weighted by molar-refractivity contribution is 0.000162. The molecule has 0 atom stereocenters. The van der Waals surface area contributed by atoms with E-state index in [4.69, 9.17) is 16.4 Å². The first-order chi connectivity index (χ1) is 7.00. The highest BCUT2D eigenvalue weighted by Gasteiger charge is 2.09. The zero-order valence-corrected chi connectivity index (χ0v) is 10.6. The van der Waals surface area contributed by atoms with Crippen molar-refractivity contribution in [3.8, 4) is 0 Å². The highest BCUT2D eigenvalue weighted by atomic mass is 79.9. The van der Waals surface area contributed by atoms with E-state index in [-0.39, 0.29) is 12.0 Å². The fourth-order valence-corrected chi connectivity index (χ4v) is 1.23. The average molecular weight is 294 g/mol. The molecule has 15 heavy (non-hydrogen) atoms. The summed E-state index contributed by atoms with van der Waals surface area (Å²) in [6.45, 7) is 3.63. The van der Waals surface area contributed by atoms with Gasteiger partial charge in [-0.3, -0.25) is 9.63 Å². The maximum Gasteiger partial charge on any atom is 0.276 e. The molecule has 1 heterocycles. The van der Waals surface area contributed by atoms with E-state index < -0.39 is 0 Å². The highest BCUT2D eigenvalue weighted by Crippen LogP contribution is 2.20. The molecule has 1 amide bonds. The summed E-state index contributed by atoms with van der Waals surface area (Å²) in [7, 11) is 0. The van der Waals surface area contributed by atoms with Crippen molar-refractivity contribution >= 4 is 33.4 Å². The molecule has 6 heteroatoms. The number of halogens is 2. The van der Waals surface area contributed by atoms with Crippen molar-refractivity contribution in [2.75, 3.05) is 0 Å². The van der Waals surface area contributed by atoms with Gasteiger partial charge in [0.2, 0.25) is 0 Å². The number of hydrogen-bond donors (Lipinski definition) is 1. The predicted molar refractivity (Wildman–Crippen MR) is 60.6 cm³/mol. The lowest BCUT2D eigenvalue weighted by Crippen LogP contribution is -2.27. The van der Waals surface area contributed by atoms with Gasteiger partial charge in [-0.05, 0) is 35.8 Å². The number of amides is 1. The quantitative estimate of drug-likeness (QED) is 0.688. The number of rotatable bonds is 3. The lowest BCUT2D eigenvalue weighted by atomic mass is 10.3. The van der Waals surface area contributed by atoms with Gasteiger partial charge in [-0.15, -0.1) is 0 Å². The summed E-state index contributed by atoms with van der Waals surface area (Å²) < 4.78 is 0.571. The summed E-state index contributed by atoms with van der Waals surface area (Å²) in [6, 6.07) is 1.58. The molecular weight excluding hydrogens is 283 g/mol. The van der Waals surface area contributed by atoms with Crippen LogP contribution in [0.5, 0.6) is 0 Å². The van der Waals surface area contributed by atoms with Crippen LogP contribution >= 0.6 is 27.5 Å². The molecule has 0 spiro atoms. The van der Waals surface area contributed by atoms with Gasteiger partial charge in [0.15, 0.2) is 0 Å². The summed E-state index contributed by atoms with van der Waals surface area (Å²) in [4.78, 5) is 20.3. The fraction of sp³-hybridized carbons (Fsp3) is 0.333. The van der Waals surface area contributed by atoms with Gasteiger partial charge >= 0.3 is 0 Å². The Morgan fingerprint density at radius 3 is 2.87 bits per heavy atom. The van der Waals surface area contributed by atoms with Crippen LogP contribution in [0.4, 0.5) is 0 Å². The van der Waals surface area contributed by atoms with Crippen molar-refractivity contribution in [1.82, 2.24) is 10.5 Å². The Hall–Kier alpha value is -0.650. The van der Waals surface area contributed by atoms with Crippen LogP contribution in [0.2, 0.25) is 5.15 Å². The molecule has 1 aromatic heterocycles. The Morgan fingerprint density at radius 2 is 2.33 bits per heavy atom. The first-order valence-corrected chi connectivity index (χ1v) is 5.45. The van der Waals surface area contributed by atoms with Gasteiger partial charge in [-0.2, -0.15) is 0 Å². The molecule has 0 fully saturated rings. The molecular formula is C9H10BrClN2O2. The Balaban J connectivity index is 2.70. The molecule has 4 nitrogen and oxygen atoms in total. The van der Waals surface area contributed by atoms with Gasteiger partial charge in [0.25, 0.3) is 5.91 Å². The van der Waals surface area contributed by atoms with Crippen molar-refractivity contribution in [3.05, 3.63) is 27.5 Å². The second-order valence-corrected chi connectivity index (χ2v) is 4.31. The zero-order chi connectivity index (χ0) is 11.4. The molecule has 82 valence electrons. The summed E-state index contributed by atoms with van der Waals surface area (Å²) in [6.07, 6.45) is 1.31. The molecule has 0 unspecified atom stereocenters. The van der Waals surface area contributed by atoms with Crippen LogP contribution in [-0.4, -0.2) is 17.0 Å². The number of carbonyl (C=O) groups excluding carboxylic acids is 1. The van der Waals surface area contributed by atoms with E-state index in [0.717, 1.165) is 0 Å². The molecule has 0 aromatic carbocycles. The van der Waals surface area contributed by atoms with Crippen LogP contribution in [0.3, 0.4) is 0 Å². The molecule has 0 aliphatic heterocycles. The largest absolute Gasteiger partial charge is 0.276 e. The van der Waals surface area contributed by atoms with Crippen LogP contribution < -0.4 is 5.48 Å². The van der Waals surface area contributed by atoms with E-state index >= 15 is 0 Å². The van der Waals surface area contributed by atoms with Crippen LogP contribution in [-0.2, 0) is 4.84 Å². The van der Waals surface area contributed by atoms with Crippen molar-refractivity contribution in [1.29, 1.82) is 0 Å². The second-order valence-electron chi connectivity index (χ2n) is 3.09. The summed E-state index contributed by atoms with van der Waals surface area (Å²) in [5.74, 6) is -0.353. The number of hydroxylamine groups is 1. The zero-order valence-electron chi connectivity index (χ0n) is 8.25. The van der Waals surface area contributed by atoms with E-state index in [0.29, 0.717) is 15.2 Å². The summed E-state index contributed by atoms with van der Waals surface area (Å²) >= 11 is 8.87. The van der Waals surface area contributed by atoms with Crippen LogP contribution in [0.15, 0.2) is 16.7 Å². The van der Waals surface area contributed by atoms with Crippen molar-refractivity contribution in [2.24, 2.45) is 0 Å². The van der Waals surface area contributed by atoms with Crippen molar-refractivity contribution < 1.29 is 9.63 Å². The van der Waals surface area contributed by atoms with E-state index in [2.05, 4.69) is 26.4 Å². The Labute approximate surface area is 101 Å². The van der Waals surface area contributed by atoms with Gasteiger partial charge in [-0.25, -0.2) is 10.5 Å². The second kappa shape index (κ2) is 5.44. The molecule has 0 aliphatic rings. The van der Waals surface area contributed by atoms with E-state index in [9.17, 15) is 4.79 Å². The third-order valence-corrected chi connectivity index (χ3v) is 2.58. The number of pyridine rings is 1. The number of aromatic nitrogens is 1. The molecule has 1 N–H and O–H groups in total. The molecule has 0 aliphatic carbocycles. The standard InChI is InChI=1S/C9H10BrClN2O2/c1-5(2)15-13-9(14)6-3-7(10)8(11)12-4-6/h3-5H,1-2H3,(H,13,14). The summed E-state index contributed by atoms with van der Waals surface area (Å²) in [5, 5.41) is 0.316. The molecule has 0 radical (unpaired) electrons. The predicted octanol–water partition coefficient (Wildman–Crippen LogP) is 2.57. The number of nitrogens with zero attached hydrogens (tertiary/aromatic N) is 1. The maximum atomic E-state index is 11.5. The van der Waals surface area contributed by atoms with Gasteiger partial charge in [0.1, 0.15) is 5.15 Å². The molecule has 1 rings (SSSR count). The van der Waals surface area contributed by atoms with Gasteiger partial charge in [0.05, 0.1) is 16.1 Å². The van der Waals surface area contributed by atoms with E-state index in [1.165, 1.54) is 6.20 Å². The number of nitrogens with one attached hydrogen (secondary N) is 1. The van der Waals surface area contributed by atoms with Crippen LogP contribution in [0.25, 0.3) is 0 Å². The van der Waals surface area contributed by atoms with E-state index in [1.807, 2.05) is 13.8 Å². The van der Waals surface area contributed by atoms with Gasteiger partial charge in [-0.1, -0.05) is 11.6 Å². The minimum Gasteiger partial charge on any atom is -0.271 e. The average Bonchev–Trinajstić information content (AvgIpc) is 2.18. The molecule has 0 saturated heterocycles. The first kappa shape index (κ1) is 12.4. The third kappa shape index (κ3) is 3.77. The monoisotopic (exact) mass is 292 g/mol. The van der Waals surface area contributed by atoms with Gasteiger partial charge < -0.3 is 0 Å².